The highest BCUT2D eigenvalue weighted by molar-refractivity contribution is 5.74. The molecule has 0 aromatic carbocycles. The third kappa shape index (κ3) is 4.13. The van der Waals surface area contributed by atoms with Crippen LogP contribution in [0.4, 0.5) is 10.6 Å². The largest absolute Gasteiger partial charge is 0.377 e. The lowest BCUT2D eigenvalue weighted by molar-refractivity contribution is 0.0190. The first-order chi connectivity index (χ1) is 11.2. The lowest BCUT2D eigenvalue weighted by atomic mass is 10.1. The first kappa shape index (κ1) is 16.1. The van der Waals surface area contributed by atoms with Gasteiger partial charge in [0.2, 0.25) is 0 Å². The standard InChI is InChI=1S/C17H26N4O2/c1-14-13-23-10-9-21(14)17(22)19-12-15-5-6-18-16(11-15)20-7-3-2-4-8-20/h5-6,11,14H,2-4,7-10,12-13H2,1H3,(H,19,22)/t14-/m0/s1. The molecule has 0 spiro atoms. The van der Waals surface area contributed by atoms with Crippen LogP contribution in [-0.4, -0.2) is 54.8 Å². The average Bonchev–Trinajstić information content (AvgIpc) is 2.61. The van der Waals surface area contributed by atoms with Crippen molar-refractivity contribution in [2.75, 3.05) is 37.7 Å². The van der Waals surface area contributed by atoms with E-state index >= 15 is 0 Å². The maximum Gasteiger partial charge on any atom is 0.318 e. The number of piperidine rings is 1. The maximum absolute atomic E-state index is 12.3. The van der Waals surface area contributed by atoms with Gasteiger partial charge in [-0.3, -0.25) is 0 Å². The topological polar surface area (TPSA) is 57.7 Å². The van der Waals surface area contributed by atoms with Gasteiger partial charge in [-0.05, 0) is 43.9 Å². The smallest absolute Gasteiger partial charge is 0.318 e. The molecule has 0 saturated carbocycles. The van der Waals surface area contributed by atoms with E-state index in [0.717, 1.165) is 24.5 Å². The molecule has 0 radical (unpaired) electrons. The summed E-state index contributed by atoms with van der Waals surface area (Å²) in [5.41, 5.74) is 1.09. The first-order valence-electron chi connectivity index (χ1n) is 8.56. The molecule has 6 heteroatoms. The van der Waals surface area contributed by atoms with E-state index in [1.165, 1.54) is 19.3 Å². The van der Waals surface area contributed by atoms with Gasteiger partial charge in [0, 0.05) is 32.4 Å². The normalized spacial score (nSPS) is 22.0. The van der Waals surface area contributed by atoms with E-state index in [2.05, 4.69) is 21.3 Å². The highest BCUT2D eigenvalue weighted by Crippen LogP contribution is 2.18. The van der Waals surface area contributed by atoms with Crippen molar-refractivity contribution in [3.8, 4) is 0 Å². The van der Waals surface area contributed by atoms with Crippen LogP contribution in [0.5, 0.6) is 0 Å². The number of nitrogens with zero attached hydrogens (tertiary/aromatic N) is 3. The van der Waals surface area contributed by atoms with E-state index < -0.39 is 0 Å². The van der Waals surface area contributed by atoms with Gasteiger partial charge in [-0.2, -0.15) is 0 Å². The van der Waals surface area contributed by atoms with Crippen LogP contribution in [-0.2, 0) is 11.3 Å². The monoisotopic (exact) mass is 318 g/mol. The number of rotatable bonds is 3. The Morgan fingerprint density at radius 1 is 1.35 bits per heavy atom. The number of carbonyl (C=O) groups is 1. The average molecular weight is 318 g/mol. The molecule has 2 aliphatic rings. The van der Waals surface area contributed by atoms with Crippen LogP contribution in [0.15, 0.2) is 18.3 Å². The molecule has 2 saturated heterocycles. The van der Waals surface area contributed by atoms with E-state index in [9.17, 15) is 4.79 Å². The first-order valence-corrected chi connectivity index (χ1v) is 8.56. The van der Waals surface area contributed by atoms with Crippen molar-refractivity contribution in [1.29, 1.82) is 0 Å². The highest BCUT2D eigenvalue weighted by atomic mass is 16.5. The Labute approximate surface area is 137 Å². The molecule has 3 heterocycles. The van der Waals surface area contributed by atoms with Crippen molar-refractivity contribution in [3.63, 3.8) is 0 Å². The predicted molar refractivity (Wildman–Crippen MR) is 89.5 cm³/mol. The van der Waals surface area contributed by atoms with Gasteiger partial charge < -0.3 is 19.9 Å². The van der Waals surface area contributed by atoms with Crippen molar-refractivity contribution in [3.05, 3.63) is 23.9 Å². The van der Waals surface area contributed by atoms with Gasteiger partial charge in [0.25, 0.3) is 0 Å². The fourth-order valence-corrected chi connectivity index (χ4v) is 3.17. The van der Waals surface area contributed by atoms with Crippen LogP contribution in [0.25, 0.3) is 0 Å². The van der Waals surface area contributed by atoms with Crippen molar-refractivity contribution < 1.29 is 9.53 Å². The number of nitrogens with one attached hydrogen (secondary N) is 1. The molecule has 2 amide bonds. The highest BCUT2D eigenvalue weighted by Gasteiger charge is 2.23. The second kappa shape index (κ2) is 7.64. The summed E-state index contributed by atoms with van der Waals surface area (Å²) in [6, 6.07) is 4.17. The van der Waals surface area contributed by atoms with Gasteiger partial charge in [-0.1, -0.05) is 0 Å². The molecule has 3 rings (SSSR count). The second-order valence-corrected chi connectivity index (χ2v) is 6.35. The fourth-order valence-electron chi connectivity index (χ4n) is 3.17. The number of hydrogen-bond acceptors (Lipinski definition) is 4. The summed E-state index contributed by atoms with van der Waals surface area (Å²) in [5, 5.41) is 3.01. The minimum absolute atomic E-state index is 0.0165. The predicted octanol–water partition coefficient (Wildman–Crippen LogP) is 2.00. The van der Waals surface area contributed by atoms with Crippen LogP contribution in [0, 0.1) is 0 Å². The Kier molecular flexibility index (Phi) is 5.33. The van der Waals surface area contributed by atoms with Gasteiger partial charge in [0.1, 0.15) is 5.82 Å². The summed E-state index contributed by atoms with van der Waals surface area (Å²) in [7, 11) is 0. The van der Waals surface area contributed by atoms with Gasteiger partial charge in [-0.15, -0.1) is 0 Å². The number of carbonyl (C=O) groups excluding carboxylic acids is 1. The van der Waals surface area contributed by atoms with Gasteiger partial charge in [0.05, 0.1) is 19.3 Å². The molecule has 6 nitrogen and oxygen atoms in total. The fraction of sp³-hybridized carbons (Fsp3) is 0.647. The van der Waals surface area contributed by atoms with E-state index in [-0.39, 0.29) is 12.1 Å². The number of amides is 2. The van der Waals surface area contributed by atoms with Crippen LogP contribution >= 0.6 is 0 Å². The molecule has 0 unspecified atom stereocenters. The summed E-state index contributed by atoms with van der Waals surface area (Å²) < 4.78 is 5.37. The number of urea groups is 1. The molecule has 2 fully saturated rings. The van der Waals surface area contributed by atoms with Crippen molar-refractivity contribution in [2.24, 2.45) is 0 Å². The molecule has 23 heavy (non-hydrogen) atoms. The number of pyridine rings is 1. The minimum atomic E-state index is -0.0165. The number of hydrogen-bond donors (Lipinski definition) is 1. The molecular formula is C17H26N4O2. The molecule has 126 valence electrons. The van der Waals surface area contributed by atoms with Crippen LogP contribution in [0.3, 0.4) is 0 Å². The number of anilines is 1. The van der Waals surface area contributed by atoms with E-state index in [4.69, 9.17) is 4.74 Å². The Hall–Kier alpha value is -1.82. The van der Waals surface area contributed by atoms with Crippen LogP contribution < -0.4 is 10.2 Å². The molecule has 1 aromatic heterocycles. The van der Waals surface area contributed by atoms with Gasteiger partial charge >= 0.3 is 6.03 Å². The molecule has 1 aromatic rings. The Balaban J connectivity index is 1.56. The van der Waals surface area contributed by atoms with E-state index in [1.54, 1.807) is 0 Å². The second-order valence-electron chi connectivity index (χ2n) is 6.35. The Bertz CT molecular complexity index is 531. The van der Waals surface area contributed by atoms with E-state index in [0.29, 0.717) is 26.3 Å². The van der Waals surface area contributed by atoms with Crippen molar-refractivity contribution >= 4 is 11.8 Å². The SMILES string of the molecule is C[C@H]1COCCN1C(=O)NCc1ccnc(N2CCCCC2)c1. The van der Waals surface area contributed by atoms with Crippen molar-refractivity contribution in [2.45, 2.75) is 38.8 Å². The molecule has 0 bridgehead atoms. The zero-order chi connectivity index (χ0) is 16.1. The Morgan fingerprint density at radius 2 is 2.17 bits per heavy atom. The molecule has 1 atom stereocenters. The zero-order valence-electron chi connectivity index (χ0n) is 13.8. The van der Waals surface area contributed by atoms with Crippen LogP contribution in [0.2, 0.25) is 0 Å². The zero-order valence-corrected chi connectivity index (χ0v) is 13.8. The summed E-state index contributed by atoms with van der Waals surface area (Å²) >= 11 is 0. The lowest BCUT2D eigenvalue weighted by Gasteiger charge is -2.33. The van der Waals surface area contributed by atoms with E-state index in [1.807, 2.05) is 24.1 Å². The number of aromatic nitrogens is 1. The Morgan fingerprint density at radius 3 is 2.96 bits per heavy atom. The van der Waals surface area contributed by atoms with Crippen LogP contribution in [0.1, 0.15) is 31.7 Å². The van der Waals surface area contributed by atoms with Gasteiger partial charge in [-0.25, -0.2) is 9.78 Å². The summed E-state index contributed by atoms with van der Waals surface area (Å²) in [4.78, 5) is 21.0. The molecule has 0 aliphatic carbocycles. The molecule has 1 N–H and O–H groups in total. The van der Waals surface area contributed by atoms with Gasteiger partial charge in [0.15, 0.2) is 0 Å². The number of morpholine rings is 1. The quantitative estimate of drug-likeness (QED) is 0.926. The summed E-state index contributed by atoms with van der Waals surface area (Å²) in [6.07, 6.45) is 5.61. The third-order valence-corrected chi connectivity index (χ3v) is 4.56. The molecule has 2 aliphatic heterocycles. The van der Waals surface area contributed by atoms with Crippen molar-refractivity contribution in [1.82, 2.24) is 15.2 Å². The summed E-state index contributed by atoms with van der Waals surface area (Å²) in [6.45, 7) is 6.59. The summed E-state index contributed by atoms with van der Waals surface area (Å²) in [5.74, 6) is 1.02. The maximum atomic E-state index is 12.3. The third-order valence-electron chi connectivity index (χ3n) is 4.56. The lowest BCUT2D eigenvalue weighted by Crippen LogP contribution is -2.51. The number of ether oxygens (including phenoxy) is 1. The molecular weight excluding hydrogens is 292 g/mol. The minimum Gasteiger partial charge on any atom is -0.377 e.